The largest absolute Gasteiger partial charge is 0.512 e. The molecule has 5 nitrogen and oxygen atoms in total. The number of hydrogen-bond acceptors (Lipinski definition) is 5. The summed E-state index contributed by atoms with van der Waals surface area (Å²) < 4.78 is 6.52. The molecule has 0 aliphatic heterocycles. The minimum Gasteiger partial charge on any atom is -0.512 e. The molecule has 0 unspecified atom stereocenters. The van der Waals surface area contributed by atoms with Gasteiger partial charge in [0.1, 0.15) is 17.1 Å². The van der Waals surface area contributed by atoms with Crippen LogP contribution in [-0.2, 0) is 43.2 Å². The Balaban J connectivity index is 0.000000260. The van der Waals surface area contributed by atoms with Crippen molar-refractivity contribution < 1.29 is 34.4 Å². The molecular weight excluding hydrogens is 785 g/mol. The number of pyridine rings is 2. The van der Waals surface area contributed by atoms with Gasteiger partial charge in [0.15, 0.2) is 5.78 Å². The first kappa shape index (κ1) is 38.2. The molecule has 261 valence electrons. The number of carbonyl (C=O) groups excluding carboxylic acids is 1. The summed E-state index contributed by atoms with van der Waals surface area (Å²) in [6.45, 7) is 18.8. The number of aliphatic hydroxyl groups is 1. The van der Waals surface area contributed by atoms with E-state index in [-0.39, 0.29) is 47.9 Å². The molecule has 0 bridgehead atoms. The molecule has 3 heterocycles. The van der Waals surface area contributed by atoms with Crippen LogP contribution < -0.4 is 0 Å². The monoisotopic (exact) mass is 836 g/mol. The average Bonchev–Trinajstić information content (AvgIpc) is 3.49. The molecule has 0 spiro atoms. The Hall–Kier alpha value is -3.60. The average molecular weight is 836 g/mol. The molecule has 0 fully saturated rings. The standard InChI is InChI=1S/C28H23N2O.C15H28O2.Ir/c1-28(2,3)23-16-18(15-17-7-4-5-8-19(17)23)25-27-21(12-14-30-25)20-10-11-24-22(26(20)31-27)9-6-13-29-24;1-7-14(5,8-2)12(16)11-13(17)15(6,9-3)10-4;/h4-9,12-14,16H,10-11H2,1-3H3;11,16H,7-10H2,1-6H3;/q-1;;/b;12-11-;. The van der Waals surface area contributed by atoms with Gasteiger partial charge in [0.2, 0.25) is 0 Å². The van der Waals surface area contributed by atoms with E-state index in [2.05, 4.69) is 74.3 Å². The molecule has 6 heteroatoms. The number of carbonyl (C=O) groups is 1. The number of benzene rings is 2. The number of nitrogens with zero attached hydrogens (tertiary/aromatic N) is 2. The predicted molar refractivity (Wildman–Crippen MR) is 198 cm³/mol. The van der Waals surface area contributed by atoms with Crippen molar-refractivity contribution in [1.29, 1.82) is 0 Å². The van der Waals surface area contributed by atoms with E-state index in [0.717, 1.165) is 83.2 Å². The zero-order valence-corrected chi connectivity index (χ0v) is 33.0. The third kappa shape index (κ3) is 7.47. The predicted octanol–water partition coefficient (Wildman–Crippen LogP) is 11.6. The van der Waals surface area contributed by atoms with Gasteiger partial charge in [-0.3, -0.25) is 14.8 Å². The van der Waals surface area contributed by atoms with Crippen LogP contribution in [0, 0.1) is 16.9 Å². The molecule has 6 rings (SSSR count). The van der Waals surface area contributed by atoms with Gasteiger partial charge in [0.25, 0.3) is 0 Å². The number of allylic oxidation sites excluding steroid dienone is 2. The van der Waals surface area contributed by atoms with Gasteiger partial charge in [-0.25, -0.2) is 0 Å². The first-order chi connectivity index (χ1) is 22.8. The zero-order chi connectivity index (χ0) is 34.9. The fourth-order valence-electron chi connectivity index (χ4n) is 6.48. The van der Waals surface area contributed by atoms with Crippen LogP contribution in [0.2, 0.25) is 0 Å². The van der Waals surface area contributed by atoms with Crippen LogP contribution in [0.5, 0.6) is 0 Å². The first-order valence-corrected chi connectivity index (χ1v) is 17.6. The molecule has 0 atom stereocenters. The van der Waals surface area contributed by atoms with Crippen LogP contribution in [0.15, 0.2) is 77.2 Å². The van der Waals surface area contributed by atoms with E-state index in [9.17, 15) is 9.90 Å². The number of aromatic nitrogens is 2. The molecule has 0 saturated heterocycles. The summed E-state index contributed by atoms with van der Waals surface area (Å²) in [6.07, 6.45) is 10.4. The van der Waals surface area contributed by atoms with Crippen LogP contribution in [0.1, 0.15) is 105 Å². The summed E-state index contributed by atoms with van der Waals surface area (Å²) >= 11 is 0. The summed E-state index contributed by atoms with van der Waals surface area (Å²) in [5, 5.41) is 13.6. The number of aliphatic hydroxyl groups excluding tert-OH is 1. The van der Waals surface area contributed by atoms with Crippen molar-refractivity contribution in [3.05, 3.63) is 95.6 Å². The Morgan fingerprint density at radius 2 is 1.53 bits per heavy atom. The van der Waals surface area contributed by atoms with E-state index in [1.807, 2.05) is 60.0 Å². The van der Waals surface area contributed by atoms with Crippen molar-refractivity contribution >= 4 is 27.5 Å². The molecule has 1 aliphatic rings. The number of aryl methyl sites for hydroxylation is 2. The third-order valence-corrected chi connectivity index (χ3v) is 10.9. The Kier molecular flexibility index (Phi) is 11.8. The van der Waals surface area contributed by atoms with Crippen LogP contribution in [0.25, 0.3) is 44.3 Å². The molecule has 1 aliphatic carbocycles. The van der Waals surface area contributed by atoms with E-state index in [4.69, 9.17) is 9.40 Å². The summed E-state index contributed by atoms with van der Waals surface area (Å²) in [5.74, 6) is 1.23. The van der Waals surface area contributed by atoms with Gasteiger partial charge in [0, 0.05) is 71.6 Å². The van der Waals surface area contributed by atoms with E-state index in [1.54, 1.807) is 0 Å². The zero-order valence-electron chi connectivity index (χ0n) is 30.6. The molecule has 0 amide bonds. The number of hydrogen-bond donors (Lipinski definition) is 1. The minimum absolute atomic E-state index is 0. The third-order valence-electron chi connectivity index (χ3n) is 10.9. The summed E-state index contributed by atoms with van der Waals surface area (Å²) in [4.78, 5) is 21.5. The maximum absolute atomic E-state index is 12.2. The second kappa shape index (κ2) is 15.1. The first-order valence-electron chi connectivity index (χ1n) is 17.6. The second-order valence-corrected chi connectivity index (χ2v) is 14.8. The van der Waals surface area contributed by atoms with Gasteiger partial charge >= 0.3 is 0 Å². The van der Waals surface area contributed by atoms with Gasteiger partial charge in [-0.2, -0.15) is 0 Å². The number of furan rings is 1. The smallest absolute Gasteiger partial charge is 0.164 e. The van der Waals surface area contributed by atoms with Crippen molar-refractivity contribution in [3.63, 3.8) is 0 Å². The summed E-state index contributed by atoms with van der Waals surface area (Å²) in [7, 11) is 0. The van der Waals surface area contributed by atoms with Gasteiger partial charge in [-0.15, -0.1) is 29.1 Å². The Morgan fingerprint density at radius 1 is 0.857 bits per heavy atom. The topological polar surface area (TPSA) is 76.2 Å². The van der Waals surface area contributed by atoms with Crippen molar-refractivity contribution in [2.45, 2.75) is 106 Å². The molecule has 1 radical (unpaired) electrons. The van der Waals surface area contributed by atoms with Gasteiger partial charge in [-0.05, 0) is 62.1 Å². The van der Waals surface area contributed by atoms with Crippen LogP contribution >= 0.6 is 0 Å². The fraction of sp³-hybridized carbons (Fsp3) is 0.419. The summed E-state index contributed by atoms with van der Waals surface area (Å²) in [6, 6.07) is 20.5. The fourth-order valence-corrected chi connectivity index (χ4v) is 6.48. The van der Waals surface area contributed by atoms with E-state index in [1.165, 1.54) is 22.6 Å². The minimum atomic E-state index is -0.337. The Bertz CT molecular complexity index is 1970. The number of ketones is 1. The Morgan fingerprint density at radius 3 is 2.18 bits per heavy atom. The molecule has 5 aromatic rings. The maximum atomic E-state index is 12.2. The van der Waals surface area contributed by atoms with E-state index >= 15 is 0 Å². The molecule has 2 aromatic carbocycles. The molecule has 49 heavy (non-hydrogen) atoms. The molecule has 1 N–H and O–H groups in total. The van der Waals surface area contributed by atoms with Gasteiger partial charge in [0.05, 0.1) is 5.69 Å². The van der Waals surface area contributed by atoms with Crippen LogP contribution in [-0.4, -0.2) is 20.9 Å². The SMILES string of the molecule is CC(C)(C)c1cc(-c2nccc3c4c(oc23)-c2cccnc2CC4)[c-]c2ccccc12.CCC(C)(CC)C(=O)/C=C(\O)C(C)(CC)CC.[Ir]. The Labute approximate surface area is 306 Å². The maximum Gasteiger partial charge on any atom is 0.164 e. The normalized spacial score (nSPS) is 13.3. The number of fused-ring (bicyclic) bond motifs is 6. The quantitative estimate of drug-likeness (QED) is 0.0957. The molecule has 3 aromatic heterocycles. The van der Waals surface area contributed by atoms with Crippen LogP contribution in [0.4, 0.5) is 0 Å². The van der Waals surface area contributed by atoms with Crippen molar-refractivity contribution in [1.82, 2.24) is 9.97 Å². The molecule has 0 saturated carbocycles. The summed E-state index contributed by atoms with van der Waals surface area (Å²) in [5.41, 5.74) is 6.84. The van der Waals surface area contributed by atoms with Crippen molar-refractivity contribution in [3.8, 4) is 22.6 Å². The number of rotatable bonds is 8. The molecular formula is C43H51IrN2O3-. The van der Waals surface area contributed by atoms with Gasteiger partial charge in [-0.1, -0.05) is 91.5 Å². The van der Waals surface area contributed by atoms with Crippen molar-refractivity contribution in [2.24, 2.45) is 10.8 Å². The van der Waals surface area contributed by atoms with Crippen molar-refractivity contribution in [2.75, 3.05) is 0 Å². The second-order valence-electron chi connectivity index (χ2n) is 14.8. The van der Waals surface area contributed by atoms with Gasteiger partial charge < -0.3 is 9.52 Å². The van der Waals surface area contributed by atoms with E-state index in [0.29, 0.717) is 0 Å². The van der Waals surface area contributed by atoms with E-state index < -0.39 is 0 Å². The van der Waals surface area contributed by atoms with Crippen LogP contribution in [0.3, 0.4) is 0 Å².